The minimum atomic E-state index is -0.190. The zero-order valence-corrected chi connectivity index (χ0v) is 13.3. The average molecular weight is 295 g/mol. The summed E-state index contributed by atoms with van der Waals surface area (Å²) in [6.45, 7) is 6.32. The van der Waals surface area contributed by atoms with Crippen LogP contribution in [-0.2, 0) is 6.54 Å². The first-order chi connectivity index (χ1) is 9.65. The summed E-state index contributed by atoms with van der Waals surface area (Å²) in [5, 5.41) is 0. The van der Waals surface area contributed by atoms with Crippen molar-refractivity contribution in [2.45, 2.75) is 58.5 Å². The Labute approximate surface area is 125 Å². The fourth-order valence-electron chi connectivity index (χ4n) is 3.02. The van der Waals surface area contributed by atoms with Gasteiger partial charge in [0.15, 0.2) is 0 Å². The molecule has 1 amide bonds. The van der Waals surface area contributed by atoms with Gasteiger partial charge < -0.3 is 0 Å². The Morgan fingerprint density at radius 2 is 2.15 bits per heavy atom. The van der Waals surface area contributed by atoms with Gasteiger partial charge in [-0.3, -0.25) is 15.1 Å². The molecule has 4 nitrogen and oxygen atoms in total. The summed E-state index contributed by atoms with van der Waals surface area (Å²) in [6.07, 6.45) is 6.71. The summed E-state index contributed by atoms with van der Waals surface area (Å²) in [5.74, 6) is 5.01. The Morgan fingerprint density at radius 1 is 1.45 bits per heavy atom. The van der Waals surface area contributed by atoms with Crippen LogP contribution in [0.1, 0.15) is 59.1 Å². The molecule has 1 aromatic heterocycles. The van der Waals surface area contributed by atoms with E-state index in [1.54, 1.807) is 0 Å². The van der Waals surface area contributed by atoms with Crippen molar-refractivity contribution in [3.63, 3.8) is 0 Å². The van der Waals surface area contributed by atoms with E-state index >= 15 is 0 Å². The molecule has 1 aromatic rings. The Kier molecular flexibility index (Phi) is 5.57. The third-order valence-electron chi connectivity index (χ3n) is 4.25. The molecule has 0 unspecified atom stereocenters. The van der Waals surface area contributed by atoms with Crippen LogP contribution in [0.25, 0.3) is 0 Å². The normalized spacial score (nSPS) is 16.6. The molecule has 0 atom stereocenters. The highest BCUT2D eigenvalue weighted by Gasteiger charge is 2.21. The SMILES string of the molecule is CCN(Cc1cc(C(=O)NN)sc1C)C1CCCCC1. The molecule has 1 fully saturated rings. The van der Waals surface area contributed by atoms with E-state index in [0.29, 0.717) is 10.9 Å². The number of thiophene rings is 1. The van der Waals surface area contributed by atoms with Crippen molar-refractivity contribution >= 4 is 17.2 Å². The number of aryl methyl sites for hydroxylation is 1. The van der Waals surface area contributed by atoms with E-state index in [1.165, 1.54) is 53.9 Å². The molecule has 0 radical (unpaired) electrons. The Hall–Kier alpha value is -0.910. The van der Waals surface area contributed by atoms with Crippen molar-refractivity contribution in [3.8, 4) is 0 Å². The molecule has 0 saturated heterocycles. The van der Waals surface area contributed by atoms with Crippen molar-refractivity contribution in [1.82, 2.24) is 10.3 Å². The third-order valence-corrected chi connectivity index (χ3v) is 5.34. The van der Waals surface area contributed by atoms with Crippen LogP contribution in [0.3, 0.4) is 0 Å². The lowest BCUT2D eigenvalue weighted by molar-refractivity contribution is 0.0957. The Morgan fingerprint density at radius 3 is 2.75 bits per heavy atom. The van der Waals surface area contributed by atoms with E-state index in [2.05, 4.69) is 24.2 Å². The first-order valence-corrected chi connectivity index (χ1v) is 8.31. The summed E-state index contributed by atoms with van der Waals surface area (Å²) >= 11 is 1.53. The fraction of sp³-hybridized carbons (Fsp3) is 0.667. The van der Waals surface area contributed by atoms with Crippen LogP contribution in [0, 0.1) is 6.92 Å². The van der Waals surface area contributed by atoms with Gasteiger partial charge in [0.05, 0.1) is 4.88 Å². The lowest BCUT2D eigenvalue weighted by Crippen LogP contribution is -2.36. The van der Waals surface area contributed by atoms with Crippen LogP contribution in [0.5, 0.6) is 0 Å². The standard InChI is InChI=1S/C15H25N3OS/c1-3-18(13-7-5-4-6-8-13)10-12-9-14(15(19)17-16)20-11(12)2/h9,13H,3-8,10,16H2,1-2H3,(H,17,19). The molecule has 1 aliphatic rings. The Balaban J connectivity index is 2.06. The van der Waals surface area contributed by atoms with E-state index in [4.69, 9.17) is 5.84 Å². The summed E-state index contributed by atoms with van der Waals surface area (Å²) in [4.78, 5) is 16.1. The van der Waals surface area contributed by atoms with E-state index in [9.17, 15) is 4.79 Å². The van der Waals surface area contributed by atoms with E-state index in [1.807, 2.05) is 6.07 Å². The van der Waals surface area contributed by atoms with Gasteiger partial charge >= 0.3 is 0 Å². The van der Waals surface area contributed by atoms with Gasteiger partial charge in [-0.1, -0.05) is 26.2 Å². The molecule has 0 aliphatic heterocycles. The molecule has 112 valence electrons. The highest BCUT2D eigenvalue weighted by molar-refractivity contribution is 7.14. The van der Waals surface area contributed by atoms with Gasteiger partial charge in [-0.05, 0) is 37.9 Å². The van der Waals surface area contributed by atoms with Gasteiger partial charge in [0, 0.05) is 17.5 Å². The molecular weight excluding hydrogens is 270 g/mol. The fourth-order valence-corrected chi connectivity index (χ4v) is 3.96. The van der Waals surface area contributed by atoms with Gasteiger partial charge in [0.25, 0.3) is 5.91 Å². The van der Waals surface area contributed by atoms with E-state index in [-0.39, 0.29) is 5.91 Å². The summed E-state index contributed by atoms with van der Waals surface area (Å²) < 4.78 is 0. The molecule has 2 rings (SSSR count). The van der Waals surface area contributed by atoms with Gasteiger partial charge in [-0.15, -0.1) is 11.3 Å². The van der Waals surface area contributed by atoms with Gasteiger partial charge in [0.2, 0.25) is 0 Å². The summed E-state index contributed by atoms with van der Waals surface area (Å²) in [7, 11) is 0. The largest absolute Gasteiger partial charge is 0.296 e. The molecule has 0 aromatic carbocycles. The van der Waals surface area contributed by atoms with E-state index in [0.717, 1.165) is 13.1 Å². The smallest absolute Gasteiger partial charge is 0.275 e. The van der Waals surface area contributed by atoms with Crippen LogP contribution in [0.2, 0.25) is 0 Å². The van der Waals surface area contributed by atoms with Crippen LogP contribution in [-0.4, -0.2) is 23.4 Å². The second-order valence-corrected chi connectivity index (χ2v) is 6.78. The maximum Gasteiger partial charge on any atom is 0.275 e. The molecule has 3 N–H and O–H groups in total. The molecule has 20 heavy (non-hydrogen) atoms. The van der Waals surface area contributed by atoms with Crippen LogP contribution < -0.4 is 11.3 Å². The number of hydrogen-bond donors (Lipinski definition) is 2. The Bertz CT molecular complexity index is 452. The number of nitrogens with zero attached hydrogens (tertiary/aromatic N) is 1. The second-order valence-electron chi connectivity index (χ2n) is 5.52. The number of rotatable bonds is 5. The molecule has 5 heteroatoms. The number of amides is 1. The quantitative estimate of drug-likeness (QED) is 0.499. The van der Waals surface area contributed by atoms with E-state index < -0.39 is 0 Å². The zero-order chi connectivity index (χ0) is 14.5. The number of hydrogen-bond acceptors (Lipinski definition) is 4. The number of nitrogen functional groups attached to an aromatic ring is 1. The lowest BCUT2D eigenvalue weighted by atomic mass is 9.94. The van der Waals surface area contributed by atoms with Crippen molar-refractivity contribution in [3.05, 3.63) is 21.4 Å². The maximum atomic E-state index is 11.6. The molecule has 1 heterocycles. The summed E-state index contributed by atoms with van der Waals surface area (Å²) in [5.41, 5.74) is 3.48. The van der Waals surface area contributed by atoms with Crippen molar-refractivity contribution < 1.29 is 4.79 Å². The topological polar surface area (TPSA) is 58.4 Å². The molecule has 1 aliphatic carbocycles. The number of nitrogens with two attached hydrogens (primary N) is 1. The van der Waals surface area contributed by atoms with Crippen LogP contribution >= 0.6 is 11.3 Å². The van der Waals surface area contributed by atoms with Gasteiger partial charge in [-0.25, -0.2) is 5.84 Å². The molecular formula is C15H25N3OS. The molecule has 1 saturated carbocycles. The predicted molar refractivity (Wildman–Crippen MR) is 83.7 cm³/mol. The predicted octanol–water partition coefficient (Wildman–Crippen LogP) is 2.81. The van der Waals surface area contributed by atoms with Crippen molar-refractivity contribution in [2.75, 3.05) is 6.54 Å². The zero-order valence-electron chi connectivity index (χ0n) is 12.4. The minimum Gasteiger partial charge on any atom is -0.296 e. The van der Waals surface area contributed by atoms with Crippen molar-refractivity contribution in [2.24, 2.45) is 5.84 Å². The lowest BCUT2D eigenvalue weighted by Gasteiger charge is -2.33. The third kappa shape index (κ3) is 3.59. The first-order valence-electron chi connectivity index (χ1n) is 7.50. The van der Waals surface area contributed by atoms with Gasteiger partial charge in [-0.2, -0.15) is 0 Å². The maximum absolute atomic E-state index is 11.6. The number of carbonyl (C=O) groups is 1. The van der Waals surface area contributed by atoms with Crippen molar-refractivity contribution in [1.29, 1.82) is 0 Å². The number of hydrazine groups is 1. The minimum absolute atomic E-state index is 0.190. The highest BCUT2D eigenvalue weighted by atomic mass is 32.1. The number of nitrogens with one attached hydrogen (secondary N) is 1. The second kappa shape index (κ2) is 7.20. The summed E-state index contributed by atoms with van der Waals surface area (Å²) in [6, 6.07) is 2.70. The molecule has 0 spiro atoms. The van der Waals surface area contributed by atoms with Crippen LogP contribution in [0.15, 0.2) is 6.07 Å². The van der Waals surface area contributed by atoms with Gasteiger partial charge in [0.1, 0.15) is 0 Å². The first kappa shape index (κ1) is 15.5. The number of carbonyl (C=O) groups excluding carboxylic acids is 1. The monoisotopic (exact) mass is 295 g/mol. The average Bonchev–Trinajstić information content (AvgIpc) is 2.86. The highest BCUT2D eigenvalue weighted by Crippen LogP contribution is 2.27. The van der Waals surface area contributed by atoms with Crippen LogP contribution in [0.4, 0.5) is 0 Å². The molecule has 0 bridgehead atoms.